The number of hydrogen-bond donors (Lipinski definition) is 2. The summed E-state index contributed by atoms with van der Waals surface area (Å²) < 4.78 is 0. The Kier molecular flexibility index (Phi) is 3.76. The molecule has 2 unspecified atom stereocenters. The van der Waals surface area contributed by atoms with E-state index in [1.165, 1.54) is 19.3 Å². The van der Waals surface area contributed by atoms with Gasteiger partial charge in [0.15, 0.2) is 0 Å². The van der Waals surface area contributed by atoms with Crippen molar-refractivity contribution in [1.82, 2.24) is 4.90 Å². The summed E-state index contributed by atoms with van der Waals surface area (Å²) in [7, 11) is 0. The smallest absolute Gasteiger partial charge is 0.228 e. The second kappa shape index (κ2) is 5.54. The van der Waals surface area contributed by atoms with Gasteiger partial charge in [-0.25, -0.2) is 0 Å². The van der Waals surface area contributed by atoms with E-state index in [4.69, 9.17) is 0 Å². The number of aliphatic hydroxyl groups is 1. The van der Waals surface area contributed by atoms with Crippen LogP contribution in [0.1, 0.15) is 43.4 Å². The van der Waals surface area contributed by atoms with E-state index in [1.807, 2.05) is 18.2 Å². The number of piperidine rings is 1. The van der Waals surface area contributed by atoms with Crippen molar-refractivity contribution >= 4 is 11.6 Å². The van der Waals surface area contributed by atoms with Gasteiger partial charge in [-0.05, 0) is 50.0 Å². The van der Waals surface area contributed by atoms with Crippen molar-refractivity contribution in [3.8, 4) is 0 Å². The van der Waals surface area contributed by atoms with Crippen molar-refractivity contribution in [2.75, 3.05) is 18.4 Å². The Morgan fingerprint density at radius 3 is 2.75 bits per heavy atom. The topological polar surface area (TPSA) is 52.6 Å². The molecule has 2 N–H and O–H groups in total. The summed E-state index contributed by atoms with van der Waals surface area (Å²) >= 11 is 0. The maximum absolute atomic E-state index is 11.4. The fourth-order valence-electron chi connectivity index (χ4n) is 3.24. The zero-order valence-corrected chi connectivity index (χ0v) is 11.9. The molecule has 1 aromatic rings. The molecular formula is C16H22N2O2. The highest BCUT2D eigenvalue weighted by Gasteiger charge is 2.26. The molecule has 1 fully saturated rings. The number of nitrogens with one attached hydrogen (secondary N) is 1. The van der Waals surface area contributed by atoms with E-state index in [0.717, 1.165) is 29.9 Å². The van der Waals surface area contributed by atoms with Crippen molar-refractivity contribution in [2.24, 2.45) is 0 Å². The number of benzene rings is 1. The van der Waals surface area contributed by atoms with E-state index in [9.17, 15) is 9.90 Å². The maximum Gasteiger partial charge on any atom is 0.228 e. The van der Waals surface area contributed by atoms with Gasteiger partial charge in [-0.15, -0.1) is 0 Å². The highest BCUT2D eigenvalue weighted by Crippen LogP contribution is 2.29. The van der Waals surface area contributed by atoms with E-state index in [2.05, 4.69) is 17.1 Å². The van der Waals surface area contributed by atoms with Crippen molar-refractivity contribution < 1.29 is 9.90 Å². The quantitative estimate of drug-likeness (QED) is 0.887. The van der Waals surface area contributed by atoms with Gasteiger partial charge in [0.05, 0.1) is 12.5 Å². The highest BCUT2D eigenvalue weighted by molar-refractivity contribution is 5.99. The second-order valence-corrected chi connectivity index (χ2v) is 5.92. The zero-order chi connectivity index (χ0) is 14.1. The molecule has 0 aromatic heterocycles. The van der Waals surface area contributed by atoms with E-state index >= 15 is 0 Å². The lowest BCUT2D eigenvalue weighted by molar-refractivity contribution is -0.115. The average molecular weight is 274 g/mol. The normalized spacial score (nSPS) is 22.2. The molecule has 0 spiro atoms. The number of hydrogen-bond acceptors (Lipinski definition) is 3. The van der Waals surface area contributed by atoms with Crippen LogP contribution in [0.3, 0.4) is 0 Å². The third-order valence-corrected chi connectivity index (χ3v) is 4.52. The first-order chi connectivity index (χ1) is 9.65. The monoisotopic (exact) mass is 274 g/mol. The summed E-state index contributed by atoms with van der Waals surface area (Å²) in [5.74, 6) is 0.0377. The molecule has 1 amide bonds. The van der Waals surface area contributed by atoms with Gasteiger partial charge < -0.3 is 10.4 Å². The van der Waals surface area contributed by atoms with Crippen LogP contribution >= 0.6 is 0 Å². The van der Waals surface area contributed by atoms with E-state index < -0.39 is 6.10 Å². The molecule has 2 atom stereocenters. The Morgan fingerprint density at radius 2 is 2.00 bits per heavy atom. The van der Waals surface area contributed by atoms with E-state index in [-0.39, 0.29) is 11.9 Å². The average Bonchev–Trinajstić information content (AvgIpc) is 2.85. The number of nitrogens with zero attached hydrogens (tertiary/aromatic N) is 1. The van der Waals surface area contributed by atoms with Gasteiger partial charge in [0.25, 0.3) is 0 Å². The first kappa shape index (κ1) is 13.6. The lowest BCUT2D eigenvalue weighted by Gasteiger charge is -2.35. The minimum absolute atomic E-state index is 0.0377. The predicted molar refractivity (Wildman–Crippen MR) is 78.6 cm³/mol. The minimum atomic E-state index is -0.492. The highest BCUT2D eigenvalue weighted by atomic mass is 16.3. The molecule has 0 radical (unpaired) electrons. The molecule has 3 rings (SSSR count). The number of carbonyl (C=O) groups excluding carboxylic acids is 1. The number of carbonyl (C=O) groups is 1. The summed E-state index contributed by atoms with van der Waals surface area (Å²) in [5, 5.41) is 13.4. The van der Waals surface area contributed by atoms with Crippen LogP contribution in [0.5, 0.6) is 0 Å². The third kappa shape index (κ3) is 2.58. The van der Waals surface area contributed by atoms with Gasteiger partial charge in [-0.2, -0.15) is 0 Å². The van der Waals surface area contributed by atoms with E-state index in [1.54, 1.807) is 0 Å². The number of anilines is 1. The summed E-state index contributed by atoms with van der Waals surface area (Å²) in [6, 6.07) is 5.92. The summed E-state index contributed by atoms with van der Waals surface area (Å²) in [5.41, 5.74) is 2.80. The molecule has 1 aromatic carbocycles. The first-order valence-corrected chi connectivity index (χ1v) is 7.50. The Morgan fingerprint density at radius 1 is 1.25 bits per heavy atom. The van der Waals surface area contributed by atoms with Crippen LogP contribution in [-0.2, 0) is 11.2 Å². The lowest BCUT2D eigenvalue weighted by atomic mass is 9.97. The zero-order valence-electron chi connectivity index (χ0n) is 11.9. The minimum Gasteiger partial charge on any atom is -0.387 e. The summed E-state index contributed by atoms with van der Waals surface area (Å²) in [4.78, 5) is 13.7. The molecule has 2 heterocycles. The van der Waals surface area contributed by atoms with Crippen LogP contribution in [0.2, 0.25) is 0 Å². The summed E-state index contributed by atoms with van der Waals surface area (Å²) in [6.45, 7) is 4.24. The van der Waals surface area contributed by atoms with Gasteiger partial charge in [0.2, 0.25) is 5.91 Å². The van der Waals surface area contributed by atoms with Crippen molar-refractivity contribution in [3.63, 3.8) is 0 Å². The third-order valence-electron chi connectivity index (χ3n) is 4.52. The molecule has 1 saturated heterocycles. The van der Waals surface area contributed by atoms with Crippen LogP contribution in [0.4, 0.5) is 5.69 Å². The largest absolute Gasteiger partial charge is 0.387 e. The molecule has 20 heavy (non-hydrogen) atoms. The molecule has 0 saturated carbocycles. The first-order valence-electron chi connectivity index (χ1n) is 7.50. The maximum atomic E-state index is 11.4. The molecular weight excluding hydrogens is 252 g/mol. The molecule has 108 valence electrons. The van der Waals surface area contributed by atoms with Crippen LogP contribution in [-0.4, -0.2) is 35.0 Å². The Bertz CT molecular complexity index is 509. The van der Waals surface area contributed by atoms with Gasteiger partial charge >= 0.3 is 0 Å². The van der Waals surface area contributed by atoms with Crippen LogP contribution < -0.4 is 5.32 Å². The Labute approximate surface area is 119 Å². The number of aliphatic hydroxyl groups excluding tert-OH is 1. The number of amides is 1. The fourth-order valence-corrected chi connectivity index (χ4v) is 3.24. The molecule has 4 heteroatoms. The standard InChI is InChI=1S/C16H22N2O2/c1-11(18-7-3-2-4-8-18)16(20)12-5-6-14-13(9-12)10-15(19)17-14/h5-6,9,11,16,20H,2-4,7-8,10H2,1H3,(H,17,19). The van der Waals surface area contributed by atoms with Crippen molar-refractivity contribution in [1.29, 1.82) is 0 Å². The number of likely N-dealkylation sites (tertiary alicyclic amines) is 1. The molecule has 2 aliphatic heterocycles. The Hall–Kier alpha value is -1.39. The van der Waals surface area contributed by atoms with Crippen LogP contribution in [0, 0.1) is 0 Å². The summed E-state index contributed by atoms with van der Waals surface area (Å²) in [6.07, 6.45) is 3.67. The van der Waals surface area contributed by atoms with Crippen LogP contribution in [0.25, 0.3) is 0 Å². The fraction of sp³-hybridized carbons (Fsp3) is 0.562. The van der Waals surface area contributed by atoms with Gasteiger partial charge in [-0.1, -0.05) is 18.6 Å². The van der Waals surface area contributed by atoms with Crippen LogP contribution in [0.15, 0.2) is 18.2 Å². The van der Waals surface area contributed by atoms with E-state index in [0.29, 0.717) is 6.42 Å². The molecule has 4 nitrogen and oxygen atoms in total. The van der Waals surface area contributed by atoms with Gasteiger partial charge in [0, 0.05) is 11.7 Å². The van der Waals surface area contributed by atoms with Gasteiger partial charge in [-0.3, -0.25) is 9.69 Å². The van der Waals surface area contributed by atoms with Crippen molar-refractivity contribution in [2.45, 2.75) is 44.8 Å². The lowest BCUT2D eigenvalue weighted by Crippen LogP contribution is -2.40. The van der Waals surface area contributed by atoms with Crippen molar-refractivity contribution in [3.05, 3.63) is 29.3 Å². The number of fused-ring (bicyclic) bond motifs is 1. The second-order valence-electron chi connectivity index (χ2n) is 5.92. The van der Waals surface area contributed by atoms with Gasteiger partial charge in [0.1, 0.15) is 0 Å². The SMILES string of the molecule is CC(C(O)c1ccc2c(c1)CC(=O)N2)N1CCCCC1. The molecule has 2 aliphatic rings. The predicted octanol–water partition coefficient (Wildman–Crippen LogP) is 2.09. The molecule has 0 bridgehead atoms. The molecule has 0 aliphatic carbocycles. The number of rotatable bonds is 3. The Balaban J connectivity index is 1.75.